The number of cyclic esters (lactones) is 1. The van der Waals surface area contributed by atoms with Crippen molar-refractivity contribution in [2.75, 3.05) is 21.3 Å². The molecule has 2 aromatic carbocycles. The number of ether oxygens (including phenoxy) is 4. The standard InChI is InChI=1S/C21H18N2O7S/c1-27-12-7-5-4-6-11(12)23-19(25)15(18(24)22-21(23)31)16-10-8-9-13(28-2)17(29-3)14(10)20(26)30-16/h4-9,16,25H,1-3H3,(H,22,24,31). The van der Waals surface area contributed by atoms with Crippen LogP contribution in [0.15, 0.2) is 41.2 Å². The van der Waals surface area contributed by atoms with E-state index in [9.17, 15) is 14.7 Å². The number of carbonyl (C=O) groups is 1. The zero-order valence-electron chi connectivity index (χ0n) is 16.8. The van der Waals surface area contributed by atoms with Gasteiger partial charge in [0.25, 0.3) is 5.56 Å². The van der Waals surface area contributed by atoms with Crippen LogP contribution in [0.1, 0.15) is 27.6 Å². The first-order chi connectivity index (χ1) is 14.9. The summed E-state index contributed by atoms with van der Waals surface area (Å²) in [7, 11) is 4.31. The normalized spacial score (nSPS) is 14.7. The third-order valence-corrected chi connectivity index (χ3v) is 5.28. The summed E-state index contributed by atoms with van der Waals surface area (Å²) in [5.74, 6) is -0.246. The number of nitrogens with one attached hydrogen (secondary N) is 1. The Hall–Kier alpha value is -3.79. The van der Waals surface area contributed by atoms with E-state index in [0.29, 0.717) is 22.7 Å². The van der Waals surface area contributed by atoms with Crippen LogP contribution in [0, 0.1) is 4.77 Å². The van der Waals surface area contributed by atoms with Crippen molar-refractivity contribution < 1.29 is 28.8 Å². The number of benzene rings is 2. The zero-order chi connectivity index (χ0) is 22.3. The molecule has 1 aromatic heterocycles. The molecule has 0 bridgehead atoms. The summed E-state index contributed by atoms with van der Waals surface area (Å²) < 4.78 is 22.6. The quantitative estimate of drug-likeness (QED) is 0.458. The van der Waals surface area contributed by atoms with E-state index in [0.717, 1.165) is 0 Å². The van der Waals surface area contributed by atoms with Gasteiger partial charge in [-0.25, -0.2) is 4.79 Å². The summed E-state index contributed by atoms with van der Waals surface area (Å²) >= 11 is 5.27. The lowest BCUT2D eigenvalue weighted by Crippen LogP contribution is -2.22. The van der Waals surface area contributed by atoms with E-state index in [2.05, 4.69) is 4.98 Å². The average Bonchev–Trinajstić information content (AvgIpc) is 3.09. The molecule has 1 atom stereocenters. The lowest BCUT2D eigenvalue weighted by atomic mass is 9.99. The first kappa shape index (κ1) is 20.5. The highest BCUT2D eigenvalue weighted by Gasteiger charge is 2.40. The summed E-state index contributed by atoms with van der Waals surface area (Å²) in [5, 5.41) is 11.1. The smallest absolute Gasteiger partial charge is 0.343 e. The molecule has 160 valence electrons. The Morgan fingerprint density at radius 3 is 2.42 bits per heavy atom. The van der Waals surface area contributed by atoms with Gasteiger partial charge in [-0.3, -0.25) is 14.3 Å². The number of fused-ring (bicyclic) bond motifs is 1. The van der Waals surface area contributed by atoms with Gasteiger partial charge < -0.3 is 24.1 Å². The minimum absolute atomic E-state index is 0.0485. The van der Waals surface area contributed by atoms with Crippen molar-refractivity contribution in [1.82, 2.24) is 9.55 Å². The van der Waals surface area contributed by atoms with Crippen LogP contribution in [0.3, 0.4) is 0 Å². The van der Waals surface area contributed by atoms with Gasteiger partial charge in [-0.1, -0.05) is 18.2 Å². The highest BCUT2D eigenvalue weighted by atomic mass is 32.1. The number of aromatic hydroxyl groups is 1. The molecule has 1 aliphatic rings. The predicted octanol–water partition coefficient (Wildman–Crippen LogP) is 2.89. The van der Waals surface area contributed by atoms with Crippen molar-refractivity contribution in [1.29, 1.82) is 0 Å². The van der Waals surface area contributed by atoms with Crippen LogP contribution in [0.2, 0.25) is 0 Å². The van der Waals surface area contributed by atoms with E-state index in [1.807, 2.05) is 0 Å². The van der Waals surface area contributed by atoms with Gasteiger partial charge in [0.05, 0.1) is 27.0 Å². The van der Waals surface area contributed by atoms with Gasteiger partial charge in [-0.2, -0.15) is 0 Å². The van der Waals surface area contributed by atoms with Crippen molar-refractivity contribution in [2.45, 2.75) is 6.10 Å². The maximum Gasteiger partial charge on any atom is 0.343 e. The Morgan fingerprint density at radius 2 is 1.74 bits per heavy atom. The van der Waals surface area contributed by atoms with Gasteiger partial charge in [0.1, 0.15) is 16.9 Å². The van der Waals surface area contributed by atoms with E-state index in [1.165, 1.54) is 25.9 Å². The summed E-state index contributed by atoms with van der Waals surface area (Å²) in [5.41, 5.74) is 0.0128. The molecule has 10 heteroatoms. The summed E-state index contributed by atoms with van der Waals surface area (Å²) in [6, 6.07) is 10.0. The van der Waals surface area contributed by atoms with Gasteiger partial charge in [0.2, 0.25) is 5.88 Å². The fourth-order valence-electron chi connectivity index (χ4n) is 3.63. The molecule has 9 nitrogen and oxygen atoms in total. The average molecular weight is 442 g/mol. The summed E-state index contributed by atoms with van der Waals surface area (Å²) in [6.07, 6.45) is -1.18. The molecule has 0 spiro atoms. The van der Waals surface area contributed by atoms with Crippen molar-refractivity contribution in [3.63, 3.8) is 0 Å². The van der Waals surface area contributed by atoms with E-state index in [1.54, 1.807) is 36.4 Å². The minimum Gasteiger partial charge on any atom is -0.495 e. The fraction of sp³-hybridized carbons (Fsp3) is 0.190. The summed E-state index contributed by atoms with van der Waals surface area (Å²) in [6.45, 7) is 0. The van der Waals surface area contributed by atoms with Gasteiger partial charge in [-0.15, -0.1) is 0 Å². The van der Waals surface area contributed by atoms with Crippen LogP contribution in [-0.4, -0.2) is 42.0 Å². The molecule has 1 unspecified atom stereocenters. The van der Waals surface area contributed by atoms with Crippen molar-refractivity contribution in [2.24, 2.45) is 0 Å². The molecule has 4 rings (SSSR count). The van der Waals surface area contributed by atoms with E-state index >= 15 is 0 Å². The first-order valence-electron chi connectivity index (χ1n) is 9.10. The van der Waals surface area contributed by atoms with Crippen LogP contribution >= 0.6 is 12.2 Å². The number of hydrogen-bond donors (Lipinski definition) is 2. The largest absolute Gasteiger partial charge is 0.495 e. The van der Waals surface area contributed by atoms with Crippen molar-refractivity contribution >= 4 is 18.2 Å². The maximum atomic E-state index is 12.8. The Balaban J connectivity index is 1.98. The number of methoxy groups -OCH3 is 3. The molecule has 0 aliphatic carbocycles. The maximum absolute atomic E-state index is 12.8. The Kier molecular flexibility index (Phi) is 5.15. The highest BCUT2D eigenvalue weighted by molar-refractivity contribution is 7.71. The third-order valence-electron chi connectivity index (χ3n) is 5.00. The van der Waals surface area contributed by atoms with Gasteiger partial charge in [0.15, 0.2) is 22.4 Å². The molecule has 0 radical (unpaired) electrons. The topological polar surface area (TPSA) is 112 Å². The Bertz CT molecular complexity index is 1310. The molecule has 0 saturated heterocycles. The lowest BCUT2D eigenvalue weighted by Gasteiger charge is -2.18. The van der Waals surface area contributed by atoms with Crippen molar-refractivity contribution in [3.05, 3.63) is 68.2 Å². The van der Waals surface area contributed by atoms with Gasteiger partial charge in [0, 0.05) is 5.56 Å². The molecule has 0 saturated carbocycles. The number of H-pyrrole nitrogens is 1. The second kappa shape index (κ2) is 7.80. The molecule has 2 N–H and O–H groups in total. The van der Waals surface area contributed by atoms with Gasteiger partial charge >= 0.3 is 5.97 Å². The van der Waals surface area contributed by atoms with Crippen LogP contribution in [0.5, 0.6) is 23.1 Å². The molecule has 2 heterocycles. The second-order valence-electron chi connectivity index (χ2n) is 6.55. The molecule has 0 amide bonds. The molecule has 0 fully saturated rings. The molecule has 1 aliphatic heterocycles. The monoisotopic (exact) mass is 442 g/mol. The second-order valence-corrected chi connectivity index (χ2v) is 6.94. The van der Waals surface area contributed by atoms with Crippen LogP contribution < -0.4 is 19.8 Å². The molecular weight excluding hydrogens is 424 g/mol. The van der Waals surface area contributed by atoms with Gasteiger partial charge in [-0.05, 0) is 30.4 Å². The summed E-state index contributed by atoms with van der Waals surface area (Å²) in [4.78, 5) is 28.0. The number of aromatic nitrogens is 2. The molecule has 31 heavy (non-hydrogen) atoms. The minimum atomic E-state index is -1.18. The number of aromatic amines is 1. The number of nitrogens with zero attached hydrogens (tertiary/aromatic N) is 1. The number of rotatable bonds is 5. The predicted molar refractivity (Wildman–Crippen MR) is 112 cm³/mol. The number of carbonyl (C=O) groups excluding carboxylic acids is 1. The van der Waals surface area contributed by atoms with Crippen LogP contribution in [0.25, 0.3) is 5.69 Å². The van der Waals surface area contributed by atoms with Crippen LogP contribution in [0.4, 0.5) is 0 Å². The lowest BCUT2D eigenvalue weighted by molar-refractivity contribution is 0.0447. The van der Waals surface area contributed by atoms with Crippen molar-refractivity contribution in [3.8, 4) is 28.8 Å². The van der Waals surface area contributed by atoms with Crippen LogP contribution in [-0.2, 0) is 4.74 Å². The highest BCUT2D eigenvalue weighted by Crippen LogP contribution is 2.45. The SMILES string of the molecule is COc1ccccc1-n1c(O)c(C2OC(=O)c3c2ccc(OC)c3OC)c(=O)[nH]c1=S. The number of esters is 1. The third kappa shape index (κ3) is 3.12. The van der Waals surface area contributed by atoms with E-state index in [-0.39, 0.29) is 21.6 Å². The molecular formula is C21H18N2O7S. The van der Waals surface area contributed by atoms with E-state index < -0.39 is 23.5 Å². The Labute approximate surface area is 181 Å². The first-order valence-corrected chi connectivity index (χ1v) is 9.51. The number of para-hydroxylation sites is 2. The van der Waals surface area contributed by atoms with E-state index in [4.69, 9.17) is 31.2 Å². The Morgan fingerprint density at radius 1 is 1.03 bits per heavy atom. The number of hydrogen-bond acceptors (Lipinski definition) is 8. The fourth-order valence-corrected chi connectivity index (χ4v) is 3.91. The molecule has 3 aromatic rings. The zero-order valence-corrected chi connectivity index (χ0v) is 17.6.